The number of rotatable bonds is 5. The van der Waals surface area contributed by atoms with Crippen LogP contribution < -0.4 is 0 Å². The first-order chi connectivity index (χ1) is 18.4. The third-order valence-corrected chi connectivity index (χ3v) is 11.1. The van der Waals surface area contributed by atoms with E-state index in [4.69, 9.17) is 9.47 Å². The van der Waals surface area contributed by atoms with Crippen molar-refractivity contribution in [2.75, 3.05) is 26.2 Å². The topological polar surface area (TPSA) is 62.3 Å². The monoisotopic (exact) mass is 515 g/mol. The molecule has 38 heavy (non-hydrogen) atoms. The van der Waals surface area contributed by atoms with Crippen LogP contribution in [-0.4, -0.2) is 53.9 Å². The summed E-state index contributed by atoms with van der Waals surface area (Å²) in [4.78, 5) is 15.6. The van der Waals surface area contributed by atoms with Crippen LogP contribution >= 0.6 is 0 Å². The number of ether oxygens (including phenoxy) is 2. The van der Waals surface area contributed by atoms with E-state index in [1.807, 2.05) is 60.7 Å². The number of hydrogen-bond acceptors (Lipinski definition) is 5. The van der Waals surface area contributed by atoms with Crippen molar-refractivity contribution >= 4 is 5.97 Å². The number of nitrogens with zero attached hydrogens (tertiary/aromatic N) is 1. The molecule has 5 fully saturated rings. The summed E-state index contributed by atoms with van der Waals surface area (Å²) >= 11 is 0. The predicted octanol–water partition coefficient (Wildman–Crippen LogP) is 5.16. The van der Waals surface area contributed by atoms with Gasteiger partial charge in [0.25, 0.3) is 0 Å². The third kappa shape index (κ3) is 3.96. The van der Waals surface area contributed by atoms with Crippen molar-refractivity contribution in [3.63, 3.8) is 0 Å². The van der Waals surface area contributed by atoms with Crippen LogP contribution in [0.3, 0.4) is 0 Å². The van der Waals surface area contributed by atoms with Crippen LogP contribution in [0, 0.1) is 29.1 Å². The van der Waals surface area contributed by atoms with Gasteiger partial charge in [0.1, 0.15) is 11.7 Å². The van der Waals surface area contributed by atoms with E-state index in [1.165, 1.54) is 19.3 Å². The molecule has 3 heterocycles. The highest BCUT2D eigenvalue weighted by Crippen LogP contribution is 2.63. The van der Waals surface area contributed by atoms with Gasteiger partial charge in [0.05, 0.1) is 18.1 Å². The molecule has 6 atom stereocenters. The quantitative estimate of drug-likeness (QED) is 0.440. The summed E-state index contributed by atoms with van der Waals surface area (Å²) in [7, 11) is 0. The first-order valence-electron chi connectivity index (χ1n) is 14.8. The molecule has 0 aromatic heterocycles. The molecule has 3 saturated heterocycles. The number of carbonyl (C=O) groups is 1. The number of likely N-dealkylation sites (tertiary alicyclic amines) is 1. The minimum atomic E-state index is -1.01. The summed E-state index contributed by atoms with van der Waals surface area (Å²) < 4.78 is 12.2. The molecule has 0 unspecified atom stereocenters. The van der Waals surface area contributed by atoms with Gasteiger partial charge >= 0.3 is 5.97 Å². The summed E-state index contributed by atoms with van der Waals surface area (Å²) in [6.45, 7) is 5.88. The van der Waals surface area contributed by atoms with Crippen LogP contribution in [-0.2, 0) is 19.9 Å². The van der Waals surface area contributed by atoms with Crippen molar-refractivity contribution in [1.82, 2.24) is 4.90 Å². The number of piperidine rings is 1. The van der Waals surface area contributed by atoms with Crippen molar-refractivity contribution < 1.29 is 19.4 Å². The maximum atomic E-state index is 13.2. The average Bonchev–Trinajstić information content (AvgIpc) is 3.65. The van der Waals surface area contributed by atoms with Gasteiger partial charge in [-0.05, 0) is 86.4 Å². The molecule has 5 heteroatoms. The van der Waals surface area contributed by atoms with Crippen LogP contribution in [0.15, 0.2) is 60.7 Å². The number of hydrogen-bond donors (Lipinski definition) is 1. The summed E-state index contributed by atoms with van der Waals surface area (Å²) in [5.74, 6) is 0.958. The molecular formula is C33H41NO4. The second-order valence-corrected chi connectivity index (χ2v) is 13.2. The lowest BCUT2D eigenvalue weighted by molar-refractivity contribution is -0.147. The molecule has 2 aromatic rings. The zero-order chi connectivity index (χ0) is 26.0. The Kier molecular flexibility index (Phi) is 5.99. The zero-order valence-corrected chi connectivity index (χ0v) is 22.6. The molecule has 3 aliphatic heterocycles. The van der Waals surface area contributed by atoms with Gasteiger partial charge in [0, 0.05) is 12.5 Å². The van der Waals surface area contributed by atoms with Crippen LogP contribution in [0.1, 0.15) is 63.0 Å². The molecule has 0 bridgehead atoms. The molecule has 2 aromatic carbocycles. The van der Waals surface area contributed by atoms with E-state index < -0.39 is 5.60 Å². The standard InChI is InChI=1S/C33H41NO4/c1-31-15-8-16-32(22-37-32)29(31)19-26-27(30(35)38-28(26)20-31)21-34-17-13-25(14-18-34)33(36,23-9-4-2-5-10-23)24-11-6-3-7-12-24/h2-7,9-12,25-29,36H,8,13-22H2,1H3/t26-,27+,28-,29-,31-,32+/m1/s1. The lowest BCUT2D eigenvalue weighted by Crippen LogP contribution is -2.51. The van der Waals surface area contributed by atoms with E-state index in [2.05, 4.69) is 11.8 Å². The van der Waals surface area contributed by atoms with Crippen molar-refractivity contribution in [1.29, 1.82) is 0 Å². The molecule has 5 nitrogen and oxygen atoms in total. The number of carbonyl (C=O) groups excluding carboxylic acids is 1. The number of esters is 1. The second-order valence-electron chi connectivity index (χ2n) is 13.2. The van der Waals surface area contributed by atoms with E-state index in [9.17, 15) is 9.90 Å². The highest BCUT2D eigenvalue weighted by Gasteiger charge is 2.65. The summed E-state index contributed by atoms with van der Waals surface area (Å²) in [5.41, 5.74) is 1.23. The Morgan fingerprint density at radius 2 is 1.63 bits per heavy atom. The fourth-order valence-corrected chi connectivity index (χ4v) is 9.00. The van der Waals surface area contributed by atoms with E-state index in [0.29, 0.717) is 11.8 Å². The molecule has 7 rings (SSSR count). The Morgan fingerprint density at radius 1 is 1.00 bits per heavy atom. The van der Waals surface area contributed by atoms with Gasteiger partial charge in [0.2, 0.25) is 0 Å². The molecule has 0 radical (unpaired) electrons. The van der Waals surface area contributed by atoms with Gasteiger partial charge in [-0.15, -0.1) is 0 Å². The minimum Gasteiger partial charge on any atom is -0.462 e. The minimum absolute atomic E-state index is 0.0141. The lowest BCUT2D eigenvalue weighted by atomic mass is 9.53. The predicted molar refractivity (Wildman–Crippen MR) is 145 cm³/mol. The van der Waals surface area contributed by atoms with Gasteiger partial charge in [-0.3, -0.25) is 4.79 Å². The maximum Gasteiger partial charge on any atom is 0.310 e. The Hall–Kier alpha value is -2.21. The van der Waals surface area contributed by atoms with E-state index in [-0.39, 0.29) is 34.9 Å². The van der Waals surface area contributed by atoms with Gasteiger partial charge < -0.3 is 19.5 Å². The zero-order valence-electron chi connectivity index (χ0n) is 22.6. The van der Waals surface area contributed by atoms with E-state index >= 15 is 0 Å². The molecule has 5 aliphatic rings. The summed E-state index contributed by atoms with van der Waals surface area (Å²) in [6, 6.07) is 20.3. The van der Waals surface area contributed by atoms with Gasteiger partial charge in [-0.25, -0.2) is 0 Å². The van der Waals surface area contributed by atoms with E-state index in [1.54, 1.807) is 0 Å². The molecule has 1 spiro atoms. The summed E-state index contributed by atoms with van der Waals surface area (Å²) in [5, 5.41) is 12.2. The first kappa shape index (κ1) is 24.8. The third-order valence-electron chi connectivity index (χ3n) is 11.1. The summed E-state index contributed by atoms with van der Waals surface area (Å²) in [6.07, 6.45) is 7.57. The second kappa shape index (κ2) is 9.18. The smallest absolute Gasteiger partial charge is 0.310 e. The Bertz CT molecular complexity index is 1120. The number of epoxide rings is 1. The fourth-order valence-electron chi connectivity index (χ4n) is 9.00. The molecule has 2 saturated carbocycles. The van der Waals surface area contributed by atoms with Crippen molar-refractivity contribution in [3.05, 3.63) is 71.8 Å². The van der Waals surface area contributed by atoms with Crippen molar-refractivity contribution in [2.24, 2.45) is 29.1 Å². The average molecular weight is 516 g/mol. The highest BCUT2D eigenvalue weighted by molar-refractivity contribution is 5.75. The van der Waals surface area contributed by atoms with Crippen LogP contribution in [0.5, 0.6) is 0 Å². The largest absolute Gasteiger partial charge is 0.462 e. The van der Waals surface area contributed by atoms with Crippen LogP contribution in [0.25, 0.3) is 0 Å². The normalized spacial score (nSPS) is 37.5. The Balaban J connectivity index is 1.05. The van der Waals surface area contributed by atoms with Gasteiger partial charge in [0.15, 0.2) is 0 Å². The van der Waals surface area contributed by atoms with Crippen molar-refractivity contribution in [2.45, 2.75) is 69.2 Å². The lowest BCUT2D eigenvalue weighted by Gasteiger charge is -2.51. The molecule has 202 valence electrons. The highest BCUT2D eigenvalue weighted by atomic mass is 16.6. The molecule has 1 N–H and O–H groups in total. The van der Waals surface area contributed by atoms with Crippen molar-refractivity contribution in [3.8, 4) is 0 Å². The number of benzene rings is 2. The molecule has 2 aliphatic carbocycles. The van der Waals surface area contributed by atoms with Gasteiger partial charge in [-0.1, -0.05) is 67.6 Å². The fraction of sp³-hybridized carbons (Fsp3) is 0.606. The first-order valence-corrected chi connectivity index (χ1v) is 14.8. The molecule has 0 amide bonds. The molecular weight excluding hydrogens is 474 g/mol. The number of fused-ring (bicyclic) bond motifs is 3. The number of aliphatic hydroxyl groups is 1. The van der Waals surface area contributed by atoms with Crippen LogP contribution in [0.4, 0.5) is 0 Å². The van der Waals surface area contributed by atoms with Crippen LogP contribution in [0.2, 0.25) is 0 Å². The van der Waals surface area contributed by atoms with Gasteiger partial charge in [-0.2, -0.15) is 0 Å². The van der Waals surface area contributed by atoms with E-state index in [0.717, 1.165) is 63.1 Å². The SMILES string of the molecule is C[C@]12CCC[C@]3(CO3)[C@@H]1C[C@@H]1[C@H](CN3CCC(C(O)(c4ccccc4)c4ccccc4)CC3)C(=O)O[C@@H]1C2. The Labute approximate surface area is 226 Å². The Morgan fingerprint density at radius 3 is 2.24 bits per heavy atom. The maximum absolute atomic E-state index is 13.2.